The third-order valence-corrected chi connectivity index (χ3v) is 12.1. The fourth-order valence-corrected chi connectivity index (χ4v) is 8.79. The van der Waals surface area contributed by atoms with Gasteiger partial charge in [-0.15, -0.1) is 0 Å². The molecule has 0 fully saturated rings. The summed E-state index contributed by atoms with van der Waals surface area (Å²) in [4.78, 5) is 57.7. The highest BCUT2D eigenvalue weighted by Gasteiger charge is 2.38. The van der Waals surface area contributed by atoms with E-state index in [1.807, 2.05) is 24.3 Å². The second-order valence-corrected chi connectivity index (χ2v) is 15.5. The minimum absolute atomic E-state index is 0.171. The number of imide groups is 2. The van der Waals surface area contributed by atoms with E-state index in [4.69, 9.17) is 0 Å². The molecule has 288 valence electrons. The molecule has 2 unspecified atom stereocenters. The minimum atomic E-state index is -0.376. The smallest absolute Gasteiger partial charge is 0.261 e. The molecule has 0 N–H and O–H groups in total. The summed E-state index contributed by atoms with van der Waals surface area (Å²) in [7, 11) is 0. The normalized spacial score (nSPS) is 14.4. The summed E-state index contributed by atoms with van der Waals surface area (Å²) in [6, 6.07) is 21.7. The zero-order valence-corrected chi connectivity index (χ0v) is 33.2. The first-order chi connectivity index (χ1) is 28.1. The van der Waals surface area contributed by atoms with Gasteiger partial charge in [0.1, 0.15) is 35.4 Å². The first-order valence-corrected chi connectivity index (χ1v) is 20.1. The summed E-state index contributed by atoms with van der Waals surface area (Å²) in [5, 5.41) is 45.7. The highest BCUT2D eigenvalue weighted by atomic mass is 16.2. The maximum atomic E-state index is 13.8. The lowest BCUT2D eigenvalue weighted by atomic mass is 9.89. The van der Waals surface area contributed by atoms with Gasteiger partial charge in [0.05, 0.1) is 22.3 Å². The molecule has 2 heterocycles. The van der Waals surface area contributed by atoms with Crippen LogP contribution in [-0.2, 0) is 0 Å². The Morgan fingerprint density at radius 2 is 0.759 bits per heavy atom. The van der Waals surface area contributed by atoms with Crippen molar-refractivity contribution in [1.29, 1.82) is 21.0 Å². The molecule has 0 aliphatic carbocycles. The summed E-state index contributed by atoms with van der Waals surface area (Å²) in [5.41, 5.74) is 0.616. The van der Waals surface area contributed by atoms with Crippen molar-refractivity contribution in [3.05, 3.63) is 81.2 Å². The quantitative estimate of drug-likeness (QED) is 0.0902. The number of nitriles is 4. The van der Waals surface area contributed by atoms with Crippen LogP contribution in [-0.4, -0.2) is 46.5 Å². The van der Waals surface area contributed by atoms with E-state index < -0.39 is 0 Å². The molecule has 0 saturated carbocycles. The van der Waals surface area contributed by atoms with E-state index in [-0.39, 0.29) is 79.3 Å². The molecular formula is C48H42N6O4. The molecule has 58 heavy (non-hydrogen) atoms. The summed E-state index contributed by atoms with van der Waals surface area (Å²) in [6.07, 6.45) is 7.48. The van der Waals surface area contributed by atoms with Crippen LogP contribution < -0.4 is 10.4 Å². The van der Waals surface area contributed by atoms with Crippen molar-refractivity contribution in [3.8, 4) is 24.3 Å². The van der Waals surface area contributed by atoms with Crippen LogP contribution >= 0.6 is 0 Å². The van der Waals surface area contributed by atoms with Crippen molar-refractivity contribution in [1.82, 2.24) is 9.80 Å². The first kappa shape index (κ1) is 39.4. The van der Waals surface area contributed by atoms with Crippen molar-refractivity contribution < 1.29 is 19.2 Å². The van der Waals surface area contributed by atoms with Crippen LogP contribution in [0.25, 0.3) is 54.2 Å². The molecule has 4 amide bonds. The molecule has 0 radical (unpaired) electrons. The number of nitrogens with zero attached hydrogens (tertiary/aromatic N) is 6. The van der Waals surface area contributed by atoms with Crippen molar-refractivity contribution in [2.75, 3.05) is 13.1 Å². The number of fused-ring (bicyclic) bond motifs is 6. The van der Waals surface area contributed by atoms with E-state index in [1.54, 1.807) is 48.5 Å². The van der Waals surface area contributed by atoms with Crippen molar-refractivity contribution in [2.45, 2.75) is 79.1 Å². The predicted octanol–water partition coefficient (Wildman–Crippen LogP) is 8.32. The van der Waals surface area contributed by atoms with Crippen LogP contribution in [0.5, 0.6) is 0 Å². The van der Waals surface area contributed by atoms with Gasteiger partial charge in [0.2, 0.25) is 0 Å². The Labute approximate surface area is 336 Å². The Morgan fingerprint density at radius 1 is 0.483 bits per heavy atom. The summed E-state index contributed by atoms with van der Waals surface area (Å²) >= 11 is 0. The number of unbranched alkanes of at least 4 members (excludes halogenated alkanes) is 2. The van der Waals surface area contributed by atoms with Gasteiger partial charge < -0.3 is 0 Å². The van der Waals surface area contributed by atoms with Crippen LogP contribution in [0.2, 0.25) is 0 Å². The standard InChI is InChI=1S/C48H42N6O4/c1-5-9-11-27(7-3)25-53-45(55)39-17-29-13-35-36(14-30(29)18-40(39)46(53)56)44(34(23-51)24-52)38-16-32-20-42-41(19-31(32)15-37(38)43(35)33(21-49)22-50)47(57)54(48(42)58)26-28(8-4)12-10-6-2/h13-20,27-28H,5-12,25-26H2,1-4H3. The first-order valence-electron chi connectivity index (χ1n) is 20.1. The fourth-order valence-electron chi connectivity index (χ4n) is 8.79. The van der Waals surface area contributed by atoms with Crippen molar-refractivity contribution in [2.24, 2.45) is 11.8 Å². The van der Waals surface area contributed by atoms with Crippen LogP contribution in [0.4, 0.5) is 0 Å². The van der Waals surface area contributed by atoms with Crippen LogP contribution in [0.3, 0.4) is 0 Å². The van der Waals surface area contributed by atoms with E-state index >= 15 is 0 Å². The molecule has 0 bridgehead atoms. The van der Waals surface area contributed by atoms with E-state index in [1.165, 1.54) is 9.80 Å². The SMILES string of the molecule is CCCCC(CC)CN1C(=O)c2cc3cc4c(=C(C#N)C#N)c5cc6cc7c(cc6cc5c(=C(C#N)C#N)c4cc3cc2C1=O)C(=O)N(CC(CC)CCCC)C7=O. The third-order valence-electron chi connectivity index (χ3n) is 12.1. The Kier molecular flexibility index (Phi) is 10.8. The predicted molar refractivity (Wildman–Crippen MR) is 222 cm³/mol. The van der Waals surface area contributed by atoms with E-state index in [2.05, 4.69) is 27.7 Å². The Morgan fingerprint density at radius 3 is 0.983 bits per heavy atom. The van der Waals surface area contributed by atoms with Gasteiger partial charge in [-0.1, -0.05) is 66.2 Å². The van der Waals surface area contributed by atoms with E-state index in [9.17, 15) is 40.2 Å². The molecule has 5 aromatic carbocycles. The monoisotopic (exact) mass is 766 g/mol. The van der Waals surface area contributed by atoms with Gasteiger partial charge in [-0.05, 0) is 116 Å². The number of carbonyl (C=O) groups excluding carboxylic acids is 4. The summed E-state index contributed by atoms with van der Waals surface area (Å²) in [5.74, 6) is -1.16. The largest absolute Gasteiger partial charge is 0.274 e. The maximum absolute atomic E-state index is 13.8. The van der Waals surface area contributed by atoms with Gasteiger partial charge in [0, 0.05) is 23.5 Å². The summed E-state index contributed by atoms with van der Waals surface area (Å²) < 4.78 is 0. The number of hydrogen-bond acceptors (Lipinski definition) is 8. The lowest BCUT2D eigenvalue weighted by Crippen LogP contribution is -2.34. The number of hydrogen-bond donors (Lipinski definition) is 0. The average molecular weight is 767 g/mol. The van der Waals surface area contributed by atoms with Gasteiger partial charge in [-0.2, -0.15) is 21.0 Å². The lowest BCUT2D eigenvalue weighted by molar-refractivity contribution is 0.0609. The number of benzene rings is 5. The highest BCUT2D eigenvalue weighted by Crippen LogP contribution is 2.34. The van der Waals surface area contributed by atoms with Gasteiger partial charge in [-0.25, -0.2) is 0 Å². The minimum Gasteiger partial charge on any atom is -0.274 e. The van der Waals surface area contributed by atoms with Crippen molar-refractivity contribution >= 4 is 77.9 Å². The van der Waals surface area contributed by atoms with Gasteiger partial charge in [0.25, 0.3) is 23.6 Å². The van der Waals surface area contributed by atoms with E-state index in [0.29, 0.717) is 56.2 Å². The Hall–Kier alpha value is -6.88. The number of amides is 4. The fraction of sp³-hybridized carbons (Fsp3) is 0.333. The van der Waals surface area contributed by atoms with Crippen molar-refractivity contribution in [3.63, 3.8) is 0 Å². The van der Waals surface area contributed by atoms with E-state index in [0.717, 1.165) is 51.4 Å². The molecule has 0 spiro atoms. The van der Waals surface area contributed by atoms with Crippen LogP contribution in [0.1, 0.15) is 120 Å². The molecule has 7 rings (SSSR count). The molecule has 10 heteroatoms. The molecule has 0 aromatic heterocycles. The second kappa shape index (κ2) is 15.9. The molecular weight excluding hydrogens is 725 g/mol. The molecule has 2 aliphatic heterocycles. The third kappa shape index (κ3) is 6.42. The highest BCUT2D eigenvalue weighted by molar-refractivity contribution is 6.25. The van der Waals surface area contributed by atoms with Gasteiger partial charge in [-0.3, -0.25) is 29.0 Å². The topological polar surface area (TPSA) is 170 Å². The Balaban J connectivity index is 1.50. The number of rotatable bonds is 12. The second-order valence-electron chi connectivity index (χ2n) is 15.5. The zero-order valence-electron chi connectivity index (χ0n) is 33.2. The molecule has 2 aliphatic rings. The molecule has 2 atom stereocenters. The molecule has 5 aromatic rings. The zero-order chi connectivity index (χ0) is 41.4. The van der Waals surface area contributed by atoms with Gasteiger partial charge in [0.15, 0.2) is 0 Å². The van der Waals surface area contributed by atoms with Crippen LogP contribution in [0, 0.1) is 57.2 Å². The van der Waals surface area contributed by atoms with Crippen LogP contribution in [0.15, 0.2) is 48.5 Å². The molecule has 0 saturated heterocycles. The average Bonchev–Trinajstić information content (AvgIpc) is 3.60. The van der Waals surface area contributed by atoms with Gasteiger partial charge >= 0.3 is 0 Å². The Bertz CT molecular complexity index is 2580. The maximum Gasteiger partial charge on any atom is 0.261 e. The lowest BCUT2D eigenvalue weighted by Gasteiger charge is -2.21. The number of carbonyl (C=O) groups is 4. The molecule has 10 nitrogen and oxygen atoms in total. The summed E-state index contributed by atoms with van der Waals surface area (Å²) in [6.45, 7) is 8.95.